The van der Waals surface area contributed by atoms with Crippen LogP contribution in [0.2, 0.25) is 10.0 Å². The average Bonchev–Trinajstić information content (AvgIpc) is 2.72. The first-order valence-electron chi connectivity index (χ1n) is 8.87. The molecule has 0 saturated carbocycles. The number of halogens is 2. The summed E-state index contributed by atoms with van der Waals surface area (Å²) < 4.78 is 5.10. The molecule has 1 heterocycles. The van der Waals surface area contributed by atoms with E-state index < -0.39 is 11.9 Å². The topological polar surface area (TPSA) is 87.7 Å². The second-order valence-corrected chi connectivity index (χ2v) is 7.17. The molecule has 2 aromatic rings. The molecule has 0 spiro atoms. The van der Waals surface area contributed by atoms with E-state index in [-0.39, 0.29) is 23.3 Å². The Morgan fingerprint density at radius 3 is 2.62 bits per heavy atom. The monoisotopic (exact) mass is 435 g/mol. The van der Waals surface area contributed by atoms with Crippen LogP contribution in [-0.2, 0) is 9.59 Å². The fourth-order valence-electron chi connectivity index (χ4n) is 3.04. The number of anilines is 1. The summed E-state index contributed by atoms with van der Waals surface area (Å²) in [5.41, 5.74) is 0.747. The van der Waals surface area contributed by atoms with Gasteiger partial charge in [-0.25, -0.2) is 0 Å². The minimum atomic E-state index is -0.934. The van der Waals surface area contributed by atoms with Gasteiger partial charge < -0.3 is 20.3 Å². The zero-order valence-electron chi connectivity index (χ0n) is 15.6. The largest absolute Gasteiger partial charge is 0.497 e. The van der Waals surface area contributed by atoms with Gasteiger partial charge in [-0.2, -0.15) is 0 Å². The van der Waals surface area contributed by atoms with Crippen molar-refractivity contribution in [1.29, 1.82) is 0 Å². The summed E-state index contributed by atoms with van der Waals surface area (Å²) in [6, 6.07) is 10.5. The maximum absolute atomic E-state index is 12.9. The highest BCUT2D eigenvalue weighted by molar-refractivity contribution is 6.44. The van der Waals surface area contributed by atoms with Crippen molar-refractivity contribution in [2.75, 3.05) is 25.5 Å². The van der Waals surface area contributed by atoms with Gasteiger partial charge in [-0.3, -0.25) is 14.4 Å². The van der Waals surface area contributed by atoms with Crippen LogP contribution in [0.3, 0.4) is 0 Å². The van der Waals surface area contributed by atoms with Crippen molar-refractivity contribution >= 4 is 46.6 Å². The van der Waals surface area contributed by atoms with Crippen LogP contribution in [-0.4, -0.2) is 48.9 Å². The molecule has 0 radical (unpaired) electrons. The third-order valence-electron chi connectivity index (χ3n) is 4.53. The van der Waals surface area contributed by atoms with Gasteiger partial charge in [0.1, 0.15) is 11.8 Å². The predicted molar refractivity (Wildman–Crippen MR) is 111 cm³/mol. The number of rotatable bonds is 5. The molecule has 0 aromatic heterocycles. The lowest BCUT2D eigenvalue weighted by Gasteiger charge is -2.34. The number of methoxy groups -OCH3 is 1. The molecule has 1 aliphatic heterocycles. The summed E-state index contributed by atoms with van der Waals surface area (Å²) in [4.78, 5) is 39.3. The van der Waals surface area contributed by atoms with E-state index in [9.17, 15) is 14.4 Å². The summed E-state index contributed by atoms with van der Waals surface area (Å²) >= 11 is 12.0. The van der Waals surface area contributed by atoms with E-state index in [0.29, 0.717) is 35.1 Å². The lowest BCUT2D eigenvalue weighted by atomic mass is 10.1. The minimum Gasteiger partial charge on any atom is -0.497 e. The number of piperazine rings is 1. The van der Waals surface area contributed by atoms with Gasteiger partial charge >= 0.3 is 0 Å². The highest BCUT2D eigenvalue weighted by Gasteiger charge is 2.35. The van der Waals surface area contributed by atoms with Crippen LogP contribution < -0.4 is 15.4 Å². The standard InChI is InChI=1S/C20H19Cl2N3O4/c1-29-13-7-5-12(6-8-13)20(28)25-10-9-23-19(27)16(25)11-17(26)24-15-4-2-3-14(21)18(15)22/h2-8,16H,9-11H2,1H3,(H,23,27)(H,24,26)/t16-/m1/s1. The van der Waals surface area contributed by atoms with E-state index in [1.54, 1.807) is 42.5 Å². The molecule has 2 aromatic carbocycles. The van der Waals surface area contributed by atoms with Gasteiger partial charge in [-0.15, -0.1) is 0 Å². The van der Waals surface area contributed by atoms with Crippen molar-refractivity contribution in [1.82, 2.24) is 10.2 Å². The summed E-state index contributed by atoms with van der Waals surface area (Å²) in [7, 11) is 1.53. The van der Waals surface area contributed by atoms with Gasteiger partial charge in [0.2, 0.25) is 11.8 Å². The highest BCUT2D eigenvalue weighted by atomic mass is 35.5. The van der Waals surface area contributed by atoms with Gasteiger partial charge in [0, 0.05) is 18.7 Å². The zero-order valence-corrected chi connectivity index (χ0v) is 17.1. The molecule has 152 valence electrons. The highest BCUT2D eigenvalue weighted by Crippen LogP contribution is 2.29. The third kappa shape index (κ3) is 4.81. The molecule has 3 amide bonds. The first kappa shape index (κ1) is 21.0. The minimum absolute atomic E-state index is 0.210. The van der Waals surface area contributed by atoms with Gasteiger partial charge in [-0.1, -0.05) is 29.3 Å². The van der Waals surface area contributed by atoms with Crippen LogP contribution in [0.4, 0.5) is 5.69 Å². The van der Waals surface area contributed by atoms with Gasteiger partial charge in [-0.05, 0) is 36.4 Å². The Hall–Kier alpha value is -2.77. The number of nitrogens with one attached hydrogen (secondary N) is 2. The molecule has 0 aliphatic carbocycles. The van der Waals surface area contributed by atoms with Crippen molar-refractivity contribution in [2.45, 2.75) is 12.5 Å². The molecule has 0 unspecified atom stereocenters. The first-order valence-corrected chi connectivity index (χ1v) is 9.63. The van der Waals surface area contributed by atoms with Gasteiger partial charge in [0.05, 0.1) is 29.3 Å². The number of ether oxygens (including phenoxy) is 1. The van der Waals surface area contributed by atoms with Crippen LogP contribution in [0.5, 0.6) is 5.75 Å². The quantitative estimate of drug-likeness (QED) is 0.755. The Kier molecular flexibility index (Phi) is 6.61. The summed E-state index contributed by atoms with van der Waals surface area (Å²) in [5.74, 6) is -0.553. The van der Waals surface area contributed by atoms with E-state index in [1.165, 1.54) is 12.0 Å². The Labute approximate surface area is 177 Å². The van der Waals surface area contributed by atoms with Crippen molar-refractivity contribution < 1.29 is 19.1 Å². The van der Waals surface area contributed by atoms with E-state index in [2.05, 4.69) is 10.6 Å². The number of hydrogen-bond acceptors (Lipinski definition) is 4. The van der Waals surface area contributed by atoms with E-state index in [1.807, 2.05) is 0 Å². The molecular weight excluding hydrogens is 417 g/mol. The molecule has 1 saturated heterocycles. The van der Waals surface area contributed by atoms with E-state index in [4.69, 9.17) is 27.9 Å². The molecule has 9 heteroatoms. The Bertz CT molecular complexity index is 934. The first-order chi connectivity index (χ1) is 13.9. The molecule has 1 atom stereocenters. The average molecular weight is 436 g/mol. The lowest BCUT2D eigenvalue weighted by molar-refractivity contribution is -0.131. The molecule has 3 rings (SSSR count). The summed E-state index contributed by atoms with van der Waals surface area (Å²) in [6.07, 6.45) is -0.212. The zero-order chi connectivity index (χ0) is 21.0. The number of hydrogen-bond donors (Lipinski definition) is 2. The van der Waals surface area contributed by atoms with Crippen LogP contribution in [0.25, 0.3) is 0 Å². The molecule has 1 fully saturated rings. The van der Waals surface area contributed by atoms with Crippen LogP contribution in [0.15, 0.2) is 42.5 Å². The predicted octanol–water partition coefficient (Wildman–Crippen LogP) is 2.97. The van der Waals surface area contributed by atoms with Gasteiger partial charge in [0.25, 0.3) is 5.91 Å². The molecular formula is C20H19Cl2N3O4. The maximum Gasteiger partial charge on any atom is 0.254 e. The fourth-order valence-corrected chi connectivity index (χ4v) is 3.39. The third-order valence-corrected chi connectivity index (χ3v) is 5.35. The Morgan fingerprint density at radius 2 is 1.93 bits per heavy atom. The second-order valence-electron chi connectivity index (χ2n) is 6.39. The van der Waals surface area contributed by atoms with Crippen molar-refractivity contribution in [2.24, 2.45) is 0 Å². The molecule has 1 aliphatic rings. The summed E-state index contributed by atoms with van der Waals surface area (Å²) in [6.45, 7) is 0.617. The molecule has 2 N–H and O–H groups in total. The number of amides is 3. The SMILES string of the molecule is COc1ccc(C(=O)N2CCNC(=O)[C@H]2CC(=O)Nc2cccc(Cl)c2Cl)cc1. The Morgan fingerprint density at radius 1 is 1.21 bits per heavy atom. The van der Waals surface area contributed by atoms with Crippen molar-refractivity contribution in [3.63, 3.8) is 0 Å². The van der Waals surface area contributed by atoms with Crippen LogP contribution in [0, 0.1) is 0 Å². The summed E-state index contributed by atoms with van der Waals surface area (Å²) in [5, 5.41) is 5.85. The number of carbonyl (C=O) groups excluding carboxylic acids is 3. The molecule has 29 heavy (non-hydrogen) atoms. The van der Waals surface area contributed by atoms with Crippen molar-refractivity contribution in [3.8, 4) is 5.75 Å². The number of benzene rings is 2. The maximum atomic E-state index is 12.9. The molecule has 7 nitrogen and oxygen atoms in total. The Balaban J connectivity index is 1.75. The van der Waals surface area contributed by atoms with Crippen LogP contribution in [0.1, 0.15) is 16.8 Å². The van der Waals surface area contributed by atoms with Gasteiger partial charge in [0.15, 0.2) is 0 Å². The molecule has 0 bridgehead atoms. The second kappa shape index (κ2) is 9.15. The normalized spacial score (nSPS) is 16.2. The fraction of sp³-hybridized carbons (Fsp3) is 0.250. The van der Waals surface area contributed by atoms with Crippen molar-refractivity contribution in [3.05, 3.63) is 58.1 Å². The van der Waals surface area contributed by atoms with E-state index >= 15 is 0 Å². The van der Waals surface area contributed by atoms with E-state index in [0.717, 1.165) is 0 Å². The number of nitrogens with zero attached hydrogens (tertiary/aromatic N) is 1. The van der Waals surface area contributed by atoms with Crippen LogP contribution >= 0.6 is 23.2 Å². The smallest absolute Gasteiger partial charge is 0.254 e. The lowest BCUT2D eigenvalue weighted by Crippen LogP contribution is -2.58. The number of carbonyl (C=O) groups is 3.